The van der Waals surface area contributed by atoms with E-state index >= 15 is 0 Å². The first-order valence-corrected chi connectivity index (χ1v) is 16.4. The summed E-state index contributed by atoms with van der Waals surface area (Å²) in [5.74, 6) is -1.11. The number of ether oxygens (including phenoxy) is 5. The van der Waals surface area contributed by atoms with Crippen molar-refractivity contribution in [1.29, 1.82) is 0 Å². The van der Waals surface area contributed by atoms with Gasteiger partial charge in [-0.15, -0.1) is 5.10 Å². The highest BCUT2D eigenvalue weighted by Gasteiger charge is 2.49. The van der Waals surface area contributed by atoms with E-state index in [1.54, 1.807) is 10.9 Å². The van der Waals surface area contributed by atoms with Crippen LogP contribution in [0.1, 0.15) is 42.7 Å². The predicted molar refractivity (Wildman–Crippen MR) is 175 cm³/mol. The molecule has 0 unspecified atom stereocenters. The van der Waals surface area contributed by atoms with Gasteiger partial charge in [-0.3, -0.25) is 4.79 Å². The minimum absolute atomic E-state index is 0.0712. The lowest BCUT2D eigenvalue weighted by atomic mass is 9.91. The summed E-state index contributed by atoms with van der Waals surface area (Å²) in [7, 11) is 0. The molecule has 6 rings (SSSR count). The number of benzene rings is 3. The Labute approximate surface area is 280 Å². The first kappa shape index (κ1) is 33.5. The van der Waals surface area contributed by atoms with E-state index in [0.29, 0.717) is 18.9 Å². The molecule has 11 nitrogen and oxygen atoms in total. The van der Waals surface area contributed by atoms with Crippen LogP contribution in [0.3, 0.4) is 0 Å². The second-order valence-electron chi connectivity index (χ2n) is 12.5. The van der Waals surface area contributed by atoms with Crippen LogP contribution < -0.4 is 5.32 Å². The summed E-state index contributed by atoms with van der Waals surface area (Å²) in [5, 5.41) is 11.4. The number of amides is 1. The molecule has 2 aliphatic rings. The summed E-state index contributed by atoms with van der Waals surface area (Å²) in [5.41, 5.74) is 3.42. The van der Waals surface area contributed by atoms with Crippen molar-refractivity contribution in [3.8, 4) is 0 Å². The lowest BCUT2D eigenvalue weighted by Gasteiger charge is -2.46. The molecule has 3 aromatic carbocycles. The van der Waals surface area contributed by atoms with Crippen LogP contribution >= 0.6 is 0 Å². The molecule has 1 N–H and O–H groups in total. The first-order chi connectivity index (χ1) is 23.4. The van der Waals surface area contributed by atoms with Gasteiger partial charge in [0.2, 0.25) is 5.91 Å². The second kappa shape index (κ2) is 16.1. The van der Waals surface area contributed by atoms with Crippen LogP contribution in [0.4, 0.5) is 0 Å². The molecule has 48 heavy (non-hydrogen) atoms. The lowest BCUT2D eigenvalue weighted by molar-refractivity contribution is -0.267. The van der Waals surface area contributed by atoms with E-state index < -0.39 is 42.5 Å². The lowest BCUT2D eigenvalue weighted by Crippen LogP contribution is -2.62. The van der Waals surface area contributed by atoms with Crippen molar-refractivity contribution >= 4 is 11.9 Å². The second-order valence-corrected chi connectivity index (χ2v) is 12.5. The first-order valence-electron chi connectivity index (χ1n) is 16.4. The Balaban J connectivity index is 1.38. The molecule has 0 spiro atoms. The van der Waals surface area contributed by atoms with Gasteiger partial charge in [0.05, 0.1) is 45.1 Å². The molecule has 0 aliphatic carbocycles. The number of nitrogens with one attached hydrogen (secondary N) is 1. The van der Waals surface area contributed by atoms with E-state index in [9.17, 15) is 9.59 Å². The average molecular weight is 655 g/mol. The zero-order valence-corrected chi connectivity index (χ0v) is 27.2. The molecule has 1 aromatic heterocycles. The molecular formula is C37H42N4O7. The number of cyclic esters (lactones) is 1. The van der Waals surface area contributed by atoms with E-state index in [-0.39, 0.29) is 38.0 Å². The highest BCUT2D eigenvalue weighted by Crippen LogP contribution is 2.33. The standard InChI is InChI=1S/C37H42N4O7/c1-25(2)33-37(43)47-24-29-19-41(40-39-29)20-31-35(45-22-27-14-8-4-9-15-27)36(46-23-28-16-10-5-11-17-28)34(30(48-31)18-32(42)38-33)44-21-26-12-6-3-7-13-26/h3-17,19,25,30-31,33-36H,18,20-24H2,1-2H3,(H,38,42)/t30-,31+,33-,34-,35+,36+/m0/s1. The number of fused-ring (bicyclic) bond motifs is 4. The molecule has 0 radical (unpaired) electrons. The summed E-state index contributed by atoms with van der Waals surface area (Å²) in [6.07, 6.45) is -1.65. The fourth-order valence-corrected chi connectivity index (χ4v) is 6.02. The Kier molecular flexibility index (Phi) is 11.2. The number of aromatic nitrogens is 3. The van der Waals surface area contributed by atoms with Crippen LogP contribution in [-0.4, -0.2) is 63.4 Å². The average Bonchev–Trinajstić information content (AvgIpc) is 3.55. The highest BCUT2D eigenvalue weighted by atomic mass is 16.6. The summed E-state index contributed by atoms with van der Waals surface area (Å²) in [6.45, 7) is 4.76. The van der Waals surface area contributed by atoms with Gasteiger partial charge in [0.15, 0.2) is 0 Å². The Morgan fingerprint density at radius 2 is 1.29 bits per heavy atom. The van der Waals surface area contributed by atoms with Crippen molar-refractivity contribution in [2.75, 3.05) is 0 Å². The maximum Gasteiger partial charge on any atom is 0.329 e. The van der Waals surface area contributed by atoms with Crippen LogP contribution in [0.5, 0.6) is 0 Å². The van der Waals surface area contributed by atoms with Crippen molar-refractivity contribution in [1.82, 2.24) is 20.3 Å². The molecule has 6 atom stereocenters. The summed E-state index contributed by atoms with van der Waals surface area (Å²) in [6, 6.07) is 28.8. The highest BCUT2D eigenvalue weighted by molar-refractivity contribution is 5.85. The van der Waals surface area contributed by atoms with Crippen LogP contribution in [0.25, 0.3) is 0 Å². The predicted octanol–water partition coefficient (Wildman–Crippen LogP) is 4.39. The maximum absolute atomic E-state index is 13.7. The van der Waals surface area contributed by atoms with Gasteiger partial charge in [-0.2, -0.15) is 0 Å². The molecule has 0 saturated carbocycles. The van der Waals surface area contributed by atoms with E-state index in [1.807, 2.05) is 105 Å². The smallest absolute Gasteiger partial charge is 0.329 e. The number of esters is 1. The van der Waals surface area contributed by atoms with E-state index in [4.69, 9.17) is 23.7 Å². The van der Waals surface area contributed by atoms with Gasteiger partial charge in [0.1, 0.15) is 42.8 Å². The third-order valence-corrected chi connectivity index (χ3v) is 8.52. The Morgan fingerprint density at radius 1 is 0.771 bits per heavy atom. The Morgan fingerprint density at radius 3 is 1.83 bits per heavy atom. The molecule has 2 aliphatic heterocycles. The maximum atomic E-state index is 13.7. The number of hydrogen-bond donors (Lipinski definition) is 1. The molecule has 11 heteroatoms. The number of nitrogens with zero attached hydrogens (tertiary/aromatic N) is 3. The minimum Gasteiger partial charge on any atom is -0.458 e. The third-order valence-electron chi connectivity index (χ3n) is 8.52. The van der Waals surface area contributed by atoms with Crippen molar-refractivity contribution in [2.24, 2.45) is 5.92 Å². The van der Waals surface area contributed by atoms with Gasteiger partial charge in [0, 0.05) is 0 Å². The van der Waals surface area contributed by atoms with Crippen LogP contribution in [0.15, 0.2) is 97.2 Å². The van der Waals surface area contributed by atoms with Gasteiger partial charge >= 0.3 is 5.97 Å². The molecule has 4 bridgehead atoms. The molecular weight excluding hydrogens is 612 g/mol. The van der Waals surface area contributed by atoms with Gasteiger partial charge in [-0.05, 0) is 22.6 Å². The molecule has 1 amide bonds. The van der Waals surface area contributed by atoms with E-state index in [0.717, 1.165) is 16.7 Å². The van der Waals surface area contributed by atoms with Gasteiger partial charge in [-0.1, -0.05) is 110 Å². The van der Waals surface area contributed by atoms with Crippen LogP contribution in [-0.2, 0) is 66.2 Å². The molecule has 3 heterocycles. The fourth-order valence-electron chi connectivity index (χ4n) is 6.02. The normalized spacial score (nSPS) is 24.8. The minimum atomic E-state index is -0.856. The number of hydrogen-bond acceptors (Lipinski definition) is 9. The third kappa shape index (κ3) is 8.73. The van der Waals surface area contributed by atoms with E-state index in [2.05, 4.69) is 15.6 Å². The van der Waals surface area contributed by atoms with Gasteiger partial charge < -0.3 is 29.0 Å². The number of carbonyl (C=O) groups is 2. The number of rotatable bonds is 10. The zero-order valence-electron chi connectivity index (χ0n) is 27.2. The largest absolute Gasteiger partial charge is 0.458 e. The number of carbonyl (C=O) groups excluding carboxylic acids is 2. The quantitative estimate of drug-likeness (QED) is 0.248. The SMILES string of the molecule is CC(C)[C@@H]1NC(=O)C[C@@H]2O[C@H](Cn3cc(nn3)COC1=O)[C@@H](OCc1ccccc1)[C@H](OCc1ccccc1)[C@H]2OCc1ccccc1. The summed E-state index contributed by atoms with van der Waals surface area (Å²) < 4.78 is 34.0. The Bertz CT molecular complexity index is 1600. The van der Waals surface area contributed by atoms with Gasteiger partial charge in [0.25, 0.3) is 0 Å². The Hall–Kier alpha value is -4.42. The van der Waals surface area contributed by atoms with Gasteiger partial charge in [-0.25, -0.2) is 9.48 Å². The fraction of sp³-hybridized carbons (Fsp3) is 0.405. The van der Waals surface area contributed by atoms with Crippen molar-refractivity contribution < 1.29 is 33.3 Å². The monoisotopic (exact) mass is 654 g/mol. The molecule has 252 valence electrons. The van der Waals surface area contributed by atoms with Crippen molar-refractivity contribution in [3.63, 3.8) is 0 Å². The van der Waals surface area contributed by atoms with Crippen LogP contribution in [0.2, 0.25) is 0 Å². The molecule has 1 fully saturated rings. The van der Waals surface area contributed by atoms with Crippen molar-refractivity contribution in [2.45, 2.75) is 89.8 Å². The van der Waals surface area contributed by atoms with E-state index in [1.165, 1.54) is 0 Å². The van der Waals surface area contributed by atoms with Crippen molar-refractivity contribution in [3.05, 3.63) is 120 Å². The molecule has 1 saturated heterocycles. The van der Waals surface area contributed by atoms with Crippen LogP contribution in [0, 0.1) is 5.92 Å². The zero-order chi connectivity index (χ0) is 33.3. The summed E-state index contributed by atoms with van der Waals surface area (Å²) >= 11 is 0. The topological polar surface area (TPSA) is 123 Å². The summed E-state index contributed by atoms with van der Waals surface area (Å²) in [4.78, 5) is 26.7. The molecule has 4 aromatic rings.